The number of nitrogens with zero attached hydrogens (tertiary/aromatic N) is 3. The van der Waals surface area contributed by atoms with Crippen LogP contribution in [0.15, 0.2) is 109 Å². The molecular weight excluding hydrogens is 745 g/mol. The van der Waals surface area contributed by atoms with E-state index in [4.69, 9.17) is 42.1 Å². The van der Waals surface area contributed by atoms with Crippen molar-refractivity contribution in [3.8, 4) is 28.9 Å². The van der Waals surface area contributed by atoms with Crippen LogP contribution in [0.5, 0.6) is 28.9 Å². The summed E-state index contributed by atoms with van der Waals surface area (Å²) in [4.78, 5) is 21.7. The minimum Gasteiger partial charge on any atom is -0.494 e. The predicted octanol–water partition coefficient (Wildman–Crippen LogP) is 9.87. The van der Waals surface area contributed by atoms with Crippen molar-refractivity contribution in [2.75, 3.05) is 39.4 Å². The highest BCUT2D eigenvalue weighted by Gasteiger charge is 2.20. The number of aryl methyl sites for hydroxylation is 1. The molecule has 2 heterocycles. The van der Waals surface area contributed by atoms with Gasteiger partial charge in [0.2, 0.25) is 11.8 Å². The van der Waals surface area contributed by atoms with Gasteiger partial charge in [-0.3, -0.25) is 9.69 Å². The highest BCUT2D eigenvalue weighted by Crippen LogP contribution is 2.34. The van der Waals surface area contributed by atoms with Gasteiger partial charge in [0.25, 0.3) is 0 Å². The standard InChI is InChI=1S/C43H43Cl2N3O5.ClH/c1-3-50-36-13-15-37(16-14-36)51-25-20-32-8-10-33(11-9-32)29-47-21-23-48(24-22-47)42(49)19-12-34-26-31(2)43(40(45)27-34)53-41-18-17-38(28-46-41)52-30-35-6-4-5-7-39(35)44;/h4-19,26-28H,3,20-25,29-30H2,1-2H3;1H. The molecule has 0 bridgehead atoms. The molecule has 1 aromatic heterocycles. The molecule has 54 heavy (non-hydrogen) atoms. The van der Waals surface area contributed by atoms with E-state index in [9.17, 15) is 4.79 Å². The Morgan fingerprint density at radius 3 is 2.15 bits per heavy atom. The summed E-state index contributed by atoms with van der Waals surface area (Å²) in [5.74, 6) is 3.16. The Kier molecular flexibility index (Phi) is 15.1. The van der Waals surface area contributed by atoms with Gasteiger partial charge < -0.3 is 23.8 Å². The van der Waals surface area contributed by atoms with Crippen LogP contribution in [0.1, 0.15) is 34.7 Å². The summed E-state index contributed by atoms with van der Waals surface area (Å²) in [6, 6.07) is 31.2. The third-order valence-electron chi connectivity index (χ3n) is 8.85. The second kappa shape index (κ2) is 20.1. The fourth-order valence-corrected chi connectivity index (χ4v) is 6.43. The molecule has 11 heteroatoms. The van der Waals surface area contributed by atoms with Crippen molar-refractivity contribution in [1.82, 2.24) is 14.8 Å². The number of piperazine rings is 1. The minimum absolute atomic E-state index is 0. The summed E-state index contributed by atoms with van der Waals surface area (Å²) in [6.07, 6.45) is 5.84. The molecule has 1 fully saturated rings. The Morgan fingerprint density at radius 2 is 1.48 bits per heavy atom. The maximum absolute atomic E-state index is 13.1. The number of aromatic nitrogens is 1. The topological polar surface area (TPSA) is 73.4 Å². The van der Waals surface area contributed by atoms with Crippen LogP contribution in [0, 0.1) is 6.92 Å². The molecule has 0 N–H and O–H groups in total. The molecule has 1 amide bonds. The summed E-state index contributed by atoms with van der Waals surface area (Å²) in [5, 5.41) is 1.08. The summed E-state index contributed by atoms with van der Waals surface area (Å²) in [5.41, 5.74) is 5.02. The molecule has 282 valence electrons. The molecule has 0 radical (unpaired) electrons. The molecule has 5 aromatic rings. The molecular formula is C43H44Cl3N3O5. The van der Waals surface area contributed by atoms with E-state index in [-0.39, 0.29) is 18.3 Å². The molecule has 0 saturated carbocycles. The van der Waals surface area contributed by atoms with E-state index in [0.717, 1.165) is 54.2 Å². The summed E-state index contributed by atoms with van der Waals surface area (Å²) >= 11 is 12.8. The number of hydrogen-bond donors (Lipinski definition) is 0. The van der Waals surface area contributed by atoms with Crippen molar-refractivity contribution in [2.24, 2.45) is 0 Å². The molecule has 0 aliphatic carbocycles. The molecule has 0 unspecified atom stereocenters. The van der Waals surface area contributed by atoms with Crippen LogP contribution in [-0.4, -0.2) is 60.1 Å². The summed E-state index contributed by atoms with van der Waals surface area (Å²) < 4.78 is 23.2. The van der Waals surface area contributed by atoms with Crippen molar-refractivity contribution in [2.45, 2.75) is 33.4 Å². The van der Waals surface area contributed by atoms with E-state index >= 15 is 0 Å². The van der Waals surface area contributed by atoms with Crippen molar-refractivity contribution in [3.05, 3.63) is 147 Å². The van der Waals surface area contributed by atoms with Crippen molar-refractivity contribution in [3.63, 3.8) is 0 Å². The van der Waals surface area contributed by atoms with Gasteiger partial charge in [-0.25, -0.2) is 4.98 Å². The number of benzene rings is 4. The van der Waals surface area contributed by atoms with Gasteiger partial charge in [-0.05, 0) is 90.7 Å². The number of ether oxygens (including phenoxy) is 4. The fourth-order valence-electron chi connectivity index (χ4n) is 5.93. The van der Waals surface area contributed by atoms with Gasteiger partial charge in [0, 0.05) is 61.9 Å². The lowest BCUT2D eigenvalue weighted by atomic mass is 10.1. The number of carbonyl (C=O) groups is 1. The first kappa shape index (κ1) is 40.5. The second-order valence-corrected chi connectivity index (χ2v) is 13.5. The zero-order valence-corrected chi connectivity index (χ0v) is 32.7. The lowest BCUT2D eigenvalue weighted by Gasteiger charge is -2.34. The van der Waals surface area contributed by atoms with Crippen LogP contribution in [0.25, 0.3) is 6.08 Å². The monoisotopic (exact) mass is 787 g/mol. The van der Waals surface area contributed by atoms with Gasteiger partial charge in [0.15, 0.2) is 5.75 Å². The molecule has 1 saturated heterocycles. The number of hydrogen-bond acceptors (Lipinski definition) is 7. The number of rotatable bonds is 15. The molecule has 1 aliphatic rings. The van der Waals surface area contributed by atoms with Crippen LogP contribution >= 0.6 is 35.6 Å². The highest BCUT2D eigenvalue weighted by atomic mass is 35.5. The van der Waals surface area contributed by atoms with Crippen molar-refractivity contribution >= 4 is 47.6 Å². The molecule has 6 rings (SSSR count). The van der Waals surface area contributed by atoms with Gasteiger partial charge in [-0.2, -0.15) is 0 Å². The first-order valence-electron chi connectivity index (χ1n) is 17.8. The number of pyridine rings is 1. The molecule has 1 aliphatic heterocycles. The Balaban J connectivity index is 0.00000561. The van der Waals surface area contributed by atoms with Crippen LogP contribution in [0.2, 0.25) is 10.0 Å². The first-order valence-corrected chi connectivity index (χ1v) is 18.5. The number of halogens is 3. The smallest absolute Gasteiger partial charge is 0.246 e. The molecule has 0 spiro atoms. The Labute approximate surface area is 333 Å². The van der Waals surface area contributed by atoms with Crippen molar-refractivity contribution in [1.29, 1.82) is 0 Å². The van der Waals surface area contributed by atoms with E-state index in [1.807, 2.05) is 73.3 Å². The molecule has 4 aromatic carbocycles. The van der Waals surface area contributed by atoms with E-state index in [1.165, 1.54) is 11.1 Å². The Bertz CT molecular complexity index is 1960. The van der Waals surface area contributed by atoms with Gasteiger partial charge in [0.1, 0.15) is 23.9 Å². The van der Waals surface area contributed by atoms with Gasteiger partial charge in [-0.15, -0.1) is 12.4 Å². The second-order valence-electron chi connectivity index (χ2n) is 12.7. The largest absolute Gasteiger partial charge is 0.494 e. The maximum Gasteiger partial charge on any atom is 0.246 e. The zero-order chi connectivity index (χ0) is 37.0. The quantitative estimate of drug-likeness (QED) is 0.0979. The zero-order valence-electron chi connectivity index (χ0n) is 30.4. The third kappa shape index (κ3) is 11.6. The minimum atomic E-state index is -0.0170. The lowest BCUT2D eigenvalue weighted by molar-refractivity contribution is -0.127. The summed E-state index contributed by atoms with van der Waals surface area (Å²) in [6.45, 7) is 9.31. The number of carbonyl (C=O) groups excluding carboxylic acids is 1. The molecule has 0 atom stereocenters. The van der Waals surface area contributed by atoms with E-state index < -0.39 is 0 Å². The maximum atomic E-state index is 13.1. The van der Waals surface area contributed by atoms with Crippen molar-refractivity contribution < 1.29 is 23.7 Å². The Hall–Kier alpha value is -4.73. The van der Waals surface area contributed by atoms with Gasteiger partial charge in [-0.1, -0.05) is 65.7 Å². The predicted molar refractivity (Wildman–Crippen MR) is 218 cm³/mol. The van der Waals surface area contributed by atoms with Gasteiger partial charge >= 0.3 is 0 Å². The van der Waals surface area contributed by atoms with Gasteiger partial charge in [0.05, 0.1) is 24.4 Å². The Morgan fingerprint density at radius 1 is 0.796 bits per heavy atom. The lowest BCUT2D eigenvalue weighted by Crippen LogP contribution is -2.47. The van der Waals surface area contributed by atoms with Crippen LogP contribution in [-0.2, 0) is 24.4 Å². The highest BCUT2D eigenvalue weighted by molar-refractivity contribution is 6.32. The van der Waals surface area contributed by atoms with E-state index in [0.29, 0.717) is 60.3 Å². The molecule has 8 nitrogen and oxygen atoms in total. The number of amides is 1. The van der Waals surface area contributed by atoms with Crippen LogP contribution in [0.4, 0.5) is 0 Å². The normalized spacial score (nSPS) is 13.0. The van der Waals surface area contributed by atoms with Crippen LogP contribution in [0.3, 0.4) is 0 Å². The SMILES string of the molecule is CCOc1ccc(OCCc2ccc(CN3CCN(C(=O)C=Cc4cc(C)c(Oc5ccc(OCc6ccccc6Cl)cn5)c(Cl)c4)CC3)cc2)cc1.Cl. The van der Waals surface area contributed by atoms with E-state index in [1.54, 1.807) is 36.5 Å². The third-order valence-corrected chi connectivity index (χ3v) is 9.49. The summed E-state index contributed by atoms with van der Waals surface area (Å²) in [7, 11) is 0. The fraction of sp³-hybridized carbons (Fsp3) is 0.256. The first-order chi connectivity index (χ1) is 25.8. The average molecular weight is 789 g/mol. The van der Waals surface area contributed by atoms with Crippen LogP contribution < -0.4 is 18.9 Å². The van der Waals surface area contributed by atoms with E-state index in [2.05, 4.69) is 34.1 Å². The average Bonchev–Trinajstić information content (AvgIpc) is 3.17.